The average molecular weight is 243 g/mol. The van der Waals surface area contributed by atoms with Gasteiger partial charge in [0.25, 0.3) is 0 Å². The number of alkyl halides is 1. The minimum Gasteiger partial charge on any atom is -0.309 e. The fourth-order valence-corrected chi connectivity index (χ4v) is 1.29. The number of rotatable bonds is 4. The van der Waals surface area contributed by atoms with E-state index in [-0.39, 0.29) is 0 Å². The smallest absolute Gasteiger partial charge is 0.0313 e. The maximum absolute atomic E-state index is 4.14. The van der Waals surface area contributed by atoms with Crippen LogP contribution in [0.3, 0.4) is 0 Å². The molecule has 1 aromatic rings. The van der Waals surface area contributed by atoms with Gasteiger partial charge in [-0.15, -0.1) is 0 Å². The van der Waals surface area contributed by atoms with Gasteiger partial charge in [0.15, 0.2) is 0 Å². The lowest BCUT2D eigenvalue weighted by Gasteiger charge is -2.10. The normalized spacial score (nSPS) is 12.8. The van der Waals surface area contributed by atoms with Crippen molar-refractivity contribution in [3.05, 3.63) is 29.6 Å². The number of aromatic nitrogens is 1. The highest BCUT2D eigenvalue weighted by Gasteiger charge is 1.98. The second-order valence-corrected chi connectivity index (χ2v) is 3.95. The number of nitrogens with zero attached hydrogens (tertiary/aromatic N) is 1. The molecule has 1 atom stereocenters. The topological polar surface area (TPSA) is 24.9 Å². The van der Waals surface area contributed by atoms with Gasteiger partial charge in [0.1, 0.15) is 0 Å². The summed E-state index contributed by atoms with van der Waals surface area (Å²) in [5.74, 6) is 0. The lowest BCUT2D eigenvalue weighted by Crippen LogP contribution is -2.26. The Morgan fingerprint density at radius 3 is 2.92 bits per heavy atom. The maximum Gasteiger partial charge on any atom is 0.0313 e. The summed E-state index contributed by atoms with van der Waals surface area (Å²) in [6.07, 6.45) is 3.78. The Kier molecular flexibility index (Phi) is 4.39. The molecule has 1 heterocycles. The van der Waals surface area contributed by atoms with Crippen molar-refractivity contribution in [2.24, 2.45) is 0 Å². The van der Waals surface area contributed by atoms with Crippen LogP contribution in [0.4, 0.5) is 0 Å². The van der Waals surface area contributed by atoms with Gasteiger partial charge in [-0.25, -0.2) is 0 Å². The van der Waals surface area contributed by atoms with Gasteiger partial charge in [-0.1, -0.05) is 22.0 Å². The molecule has 0 fully saturated rings. The summed E-state index contributed by atoms with van der Waals surface area (Å²) in [6.45, 7) is 5.10. The third-order valence-electron chi connectivity index (χ3n) is 1.82. The first-order chi connectivity index (χ1) is 6.22. The third-order valence-corrected chi connectivity index (χ3v) is 2.79. The molecule has 0 bridgehead atoms. The van der Waals surface area contributed by atoms with Gasteiger partial charge in [0.2, 0.25) is 0 Å². The molecule has 0 amide bonds. The zero-order valence-electron chi connectivity index (χ0n) is 8.05. The zero-order valence-corrected chi connectivity index (χ0v) is 9.63. The first kappa shape index (κ1) is 10.7. The summed E-state index contributed by atoms with van der Waals surface area (Å²) in [7, 11) is 0. The molecule has 0 saturated heterocycles. The van der Waals surface area contributed by atoms with Gasteiger partial charge in [-0.05, 0) is 25.0 Å². The number of pyridine rings is 1. The molecular weight excluding hydrogens is 228 g/mol. The second-order valence-electron chi connectivity index (χ2n) is 3.31. The van der Waals surface area contributed by atoms with E-state index in [9.17, 15) is 0 Å². The van der Waals surface area contributed by atoms with Gasteiger partial charge in [-0.2, -0.15) is 0 Å². The van der Waals surface area contributed by atoms with Crippen LogP contribution in [0.5, 0.6) is 0 Å². The molecule has 0 aromatic carbocycles. The molecule has 0 aliphatic rings. The van der Waals surface area contributed by atoms with Crippen molar-refractivity contribution in [3.63, 3.8) is 0 Å². The number of aryl methyl sites for hydroxylation is 1. The molecule has 3 heteroatoms. The Hall–Kier alpha value is -0.410. The van der Waals surface area contributed by atoms with Crippen molar-refractivity contribution >= 4 is 15.9 Å². The zero-order chi connectivity index (χ0) is 9.68. The van der Waals surface area contributed by atoms with Crippen molar-refractivity contribution in [1.82, 2.24) is 10.3 Å². The summed E-state index contributed by atoms with van der Waals surface area (Å²) >= 11 is 3.42. The van der Waals surface area contributed by atoms with E-state index in [1.807, 2.05) is 12.4 Å². The van der Waals surface area contributed by atoms with Gasteiger partial charge in [0, 0.05) is 30.3 Å². The first-order valence-corrected chi connectivity index (χ1v) is 5.54. The average Bonchev–Trinajstić information content (AvgIpc) is 2.14. The minimum absolute atomic E-state index is 0.500. The van der Waals surface area contributed by atoms with Crippen LogP contribution in [0.15, 0.2) is 18.5 Å². The second kappa shape index (κ2) is 5.35. The minimum atomic E-state index is 0.500. The van der Waals surface area contributed by atoms with Crippen LogP contribution in [-0.2, 0) is 6.54 Å². The highest BCUT2D eigenvalue weighted by atomic mass is 79.9. The van der Waals surface area contributed by atoms with Crippen LogP contribution in [0.25, 0.3) is 0 Å². The maximum atomic E-state index is 4.14. The molecular formula is C10H15BrN2. The predicted molar refractivity (Wildman–Crippen MR) is 59.1 cm³/mol. The van der Waals surface area contributed by atoms with E-state index in [2.05, 4.69) is 46.1 Å². The molecule has 0 radical (unpaired) electrons. The Balaban J connectivity index is 2.45. The Labute approximate surface area is 87.9 Å². The van der Waals surface area contributed by atoms with Gasteiger partial charge in [0.05, 0.1) is 0 Å². The molecule has 1 unspecified atom stereocenters. The van der Waals surface area contributed by atoms with Crippen molar-refractivity contribution < 1.29 is 0 Å². The van der Waals surface area contributed by atoms with Crippen LogP contribution in [0.1, 0.15) is 18.1 Å². The highest BCUT2D eigenvalue weighted by Crippen LogP contribution is 2.01. The summed E-state index contributed by atoms with van der Waals surface area (Å²) < 4.78 is 0. The molecule has 1 rings (SSSR count). The summed E-state index contributed by atoms with van der Waals surface area (Å²) in [6, 6.07) is 2.65. The highest BCUT2D eigenvalue weighted by molar-refractivity contribution is 9.09. The van der Waals surface area contributed by atoms with Crippen LogP contribution in [-0.4, -0.2) is 16.4 Å². The van der Waals surface area contributed by atoms with E-state index < -0.39 is 0 Å². The lowest BCUT2D eigenvalue weighted by molar-refractivity contribution is 0.597. The molecule has 2 nitrogen and oxygen atoms in total. The van der Waals surface area contributed by atoms with Gasteiger partial charge in [-0.3, -0.25) is 4.98 Å². The monoisotopic (exact) mass is 242 g/mol. The Morgan fingerprint density at radius 2 is 2.31 bits per heavy atom. The van der Waals surface area contributed by atoms with E-state index in [0.717, 1.165) is 11.9 Å². The first-order valence-electron chi connectivity index (χ1n) is 4.42. The summed E-state index contributed by atoms with van der Waals surface area (Å²) in [4.78, 5) is 4.14. The lowest BCUT2D eigenvalue weighted by atomic mass is 10.2. The number of hydrogen-bond acceptors (Lipinski definition) is 2. The Bertz CT molecular complexity index is 263. The predicted octanol–water partition coefficient (Wildman–Crippen LogP) is 2.26. The fourth-order valence-electron chi connectivity index (χ4n) is 1.06. The fraction of sp³-hybridized carbons (Fsp3) is 0.500. The van der Waals surface area contributed by atoms with Crippen molar-refractivity contribution in [2.45, 2.75) is 26.4 Å². The largest absolute Gasteiger partial charge is 0.309 e. The van der Waals surface area contributed by atoms with E-state index in [4.69, 9.17) is 0 Å². The van der Waals surface area contributed by atoms with Gasteiger partial charge >= 0.3 is 0 Å². The van der Waals surface area contributed by atoms with E-state index in [1.165, 1.54) is 11.1 Å². The van der Waals surface area contributed by atoms with E-state index in [1.54, 1.807) is 0 Å². The molecule has 0 aliphatic heterocycles. The number of hydrogen-bond donors (Lipinski definition) is 1. The van der Waals surface area contributed by atoms with Crippen LogP contribution < -0.4 is 5.32 Å². The Morgan fingerprint density at radius 1 is 1.54 bits per heavy atom. The molecule has 0 saturated carbocycles. The van der Waals surface area contributed by atoms with Crippen LogP contribution in [0, 0.1) is 6.92 Å². The van der Waals surface area contributed by atoms with Crippen molar-refractivity contribution in [3.8, 4) is 0 Å². The molecule has 72 valence electrons. The molecule has 1 aromatic heterocycles. The third kappa shape index (κ3) is 3.87. The standard InChI is InChI=1S/C10H15BrN2/c1-8-3-10(6-12-5-8)7-13-9(2)4-11/h3,5-6,9,13H,4,7H2,1-2H3. The van der Waals surface area contributed by atoms with Crippen LogP contribution in [0.2, 0.25) is 0 Å². The number of nitrogens with one attached hydrogen (secondary N) is 1. The molecule has 13 heavy (non-hydrogen) atoms. The SMILES string of the molecule is Cc1cncc(CNC(C)CBr)c1. The van der Waals surface area contributed by atoms with Gasteiger partial charge < -0.3 is 5.32 Å². The molecule has 0 spiro atoms. The molecule has 1 N–H and O–H groups in total. The van der Waals surface area contributed by atoms with Crippen molar-refractivity contribution in [2.75, 3.05) is 5.33 Å². The summed E-state index contributed by atoms with van der Waals surface area (Å²) in [5.41, 5.74) is 2.46. The van der Waals surface area contributed by atoms with E-state index in [0.29, 0.717) is 6.04 Å². The number of halogens is 1. The van der Waals surface area contributed by atoms with E-state index >= 15 is 0 Å². The quantitative estimate of drug-likeness (QED) is 0.820. The van der Waals surface area contributed by atoms with Crippen molar-refractivity contribution in [1.29, 1.82) is 0 Å². The van der Waals surface area contributed by atoms with Crippen LogP contribution >= 0.6 is 15.9 Å². The summed E-state index contributed by atoms with van der Waals surface area (Å²) in [5, 5.41) is 4.37. The molecule has 0 aliphatic carbocycles.